The highest BCUT2D eigenvalue weighted by Gasteiger charge is 2.25. The predicted molar refractivity (Wildman–Crippen MR) is 59.0 cm³/mol. The van der Waals surface area contributed by atoms with Crippen LogP contribution in [0.2, 0.25) is 5.15 Å². The molecule has 1 saturated heterocycles. The van der Waals surface area contributed by atoms with Crippen LogP contribution in [0.3, 0.4) is 0 Å². The Bertz CT molecular complexity index is 381. The molecule has 1 atom stereocenters. The normalized spacial score (nSPS) is 20.7. The molecule has 0 radical (unpaired) electrons. The van der Waals surface area contributed by atoms with Crippen LogP contribution < -0.4 is 0 Å². The first-order valence-electron chi connectivity index (χ1n) is 5.11. The zero-order chi connectivity index (χ0) is 10.8. The van der Waals surface area contributed by atoms with Gasteiger partial charge in [0, 0.05) is 24.3 Å². The number of aromatic nitrogens is 1. The van der Waals surface area contributed by atoms with E-state index in [-0.39, 0.29) is 5.91 Å². The van der Waals surface area contributed by atoms with Gasteiger partial charge in [0.15, 0.2) is 0 Å². The van der Waals surface area contributed by atoms with Crippen LogP contribution in [0.1, 0.15) is 30.1 Å². The summed E-state index contributed by atoms with van der Waals surface area (Å²) in [6.45, 7) is 2.92. The quantitative estimate of drug-likeness (QED) is 0.687. The van der Waals surface area contributed by atoms with E-state index < -0.39 is 0 Å². The first kappa shape index (κ1) is 10.4. The molecule has 1 aliphatic rings. The fourth-order valence-electron chi connectivity index (χ4n) is 1.94. The number of hydrogen-bond acceptors (Lipinski definition) is 2. The lowest BCUT2D eigenvalue weighted by Gasteiger charge is -2.21. The maximum absolute atomic E-state index is 12.0. The third kappa shape index (κ3) is 2.12. The summed E-state index contributed by atoms with van der Waals surface area (Å²) in [4.78, 5) is 17.8. The first-order chi connectivity index (χ1) is 7.18. The molecule has 0 N–H and O–H groups in total. The average Bonchev–Trinajstić information content (AvgIpc) is 2.63. The molecule has 1 fully saturated rings. The maximum atomic E-state index is 12.0. The molecule has 1 aromatic rings. The second kappa shape index (κ2) is 4.19. The van der Waals surface area contributed by atoms with Crippen LogP contribution >= 0.6 is 11.6 Å². The fraction of sp³-hybridized carbons (Fsp3) is 0.455. The van der Waals surface area contributed by atoms with Crippen molar-refractivity contribution in [3.8, 4) is 0 Å². The highest BCUT2D eigenvalue weighted by Crippen LogP contribution is 2.20. The van der Waals surface area contributed by atoms with Gasteiger partial charge < -0.3 is 4.90 Å². The summed E-state index contributed by atoms with van der Waals surface area (Å²) in [5.41, 5.74) is 0.628. The van der Waals surface area contributed by atoms with Crippen LogP contribution in [0, 0.1) is 0 Å². The number of rotatable bonds is 1. The SMILES string of the molecule is CC1CCCN1C(=O)c1ccnc(Cl)c1. The van der Waals surface area contributed by atoms with Crippen molar-refractivity contribution in [2.75, 3.05) is 6.54 Å². The van der Waals surface area contributed by atoms with Gasteiger partial charge in [-0.2, -0.15) is 0 Å². The smallest absolute Gasteiger partial charge is 0.254 e. The molecular formula is C11H13ClN2O. The molecule has 2 heterocycles. The molecule has 0 saturated carbocycles. The van der Waals surface area contributed by atoms with Crippen LogP contribution in [0.15, 0.2) is 18.3 Å². The molecule has 0 bridgehead atoms. The van der Waals surface area contributed by atoms with Crippen molar-refractivity contribution >= 4 is 17.5 Å². The third-order valence-corrected chi connectivity index (χ3v) is 2.99. The molecule has 1 unspecified atom stereocenters. The highest BCUT2D eigenvalue weighted by molar-refractivity contribution is 6.29. The summed E-state index contributed by atoms with van der Waals surface area (Å²) in [6, 6.07) is 3.67. The Labute approximate surface area is 94.1 Å². The van der Waals surface area contributed by atoms with E-state index in [0.29, 0.717) is 16.8 Å². The number of likely N-dealkylation sites (tertiary alicyclic amines) is 1. The summed E-state index contributed by atoms with van der Waals surface area (Å²) >= 11 is 5.75. The Morgan fingerprint density at radius 2 is 2.47 bits per heavy atom. The van der Waals surface area contributed by atoms with Crippen LogP contribution in [0.4, 0.5) is 0 Å². The molecule has 80 valence electrons. The second-order valence-corrected chi connectivity index (χ2v) is 4.24. The van der Waals surface area contributed by atoms with E-state index in [9.17, 15) is 4.79 Å². The Morgan fingerprint density at radius 1 is 1.67 bits per heavy atom. The minimum absolute atomic E-state index is 0.0595. The molecule has 2 rings (SSSR count). The Kier molecular flexibility index (Phi) is 2.91. The standard InChI is InChI=1S/C11H13ClN2O/c1-8-3-2-6-14(8)11(15)9-4-5-13-10(12)7-9/h4-5,7-8H,2-3,6H2,1H3. The summed E-state index contributed by atoms with van der Waals surface area (Å²) in [7, 11) is 0. The van der Waals surface area contributed by atoms with E-state index in [1.807, 2.05) is 4.90 Å². The van der Waals surface area contributed by atoms with Gasteiger partial charge in [0.2, 0.25) is 0 Å². The molecular weight excluding hydrogens is 212 g/mol. The van der Waals surface area contributed by atoms with Crippen molar-refractivity contribution in [1.29, 1.82) is 0 Å². The van der Waals surface area contributed by atoms with Gasteiger partial charge in [-0.05, 0) is 31.9 Å². The van der Waals surface area contributed by atoms with Gasteiger partial charge in [0.05, 0.1) is 0 Å². The van der Waals surface area contributed by atoms with Crippen molar-refractivity contribution < 1.29 is 4.79 Å². The van der Waals surface area contributed by atoms with Gasteiger partial charge >= 0.3 is 0 Å². The summed E-state index contributed by atoms with van der Waals surface area (Å²) < 4.78 is 0. The third-order valence-electron chi connectivity index (χ3n) is 2.79. The number of hydrogen-bond donors (Lipinski definition) is 0. The van der Waals surface area contributed by atoms with E-state index in [1.54, 1.807) is 18.3 Å². The van der Waals surface area contributed by atoms with Crippen LogP contribution in [0.25, 0.3) is 0 Å². The first-order valence-corrected chi connectivity index (χ1v) is 5.49. The van der Waals surface area contributed by atoms with E-state index in [4.69, 9.17) is 11.6 Å². The summed E-state index contributed by atoms with van der Waals surface area (Å²) in [5.74, 6) is 0.0595. The molecule has 1 aromatic heterocycles. The number of carbonyl (C=O) groups excluding carboxylic acids is 1. The maximum Gasteiger partial charge on any atom is 0.254 e. The number of amides is 1. The molecule has 4 heteroatoms. The summed E-state index contributed by atoms with van der Waals surface area (Å²) in [5, 5.41) is 0.368. The lowest BCUT2D eigenvalue weighted by Crippen LogP contribution is -2.33. The van der Waals surface area contributed by atoms with E-state index >= 15 is 0 Å². The Morgan fingerprint density at radius 3 is 3.07 bits per heavy atom. The van der Waals surface area contributed by atoms with Gasteiger partial charge in [0.25, 0.3) is 5.91 Å². The minimum atomic E-state index is 0.0595. The van der Waals surface area contributed by atoms with Gasteiger partial charge in [-0.15, -0.1) is 0 Å². The van der Waals surface area contributed by atoms with E-state index in [1.165, 1.54) is 0 Å². The Hall–Kier alpha value is -1.09. The Balaban J connectivity index is 2.20. The van der Waals surface area contributed by atoms with Crippen molar-refractivity contribution in [3.05, 3.63) is 29.0 Å². The molecule has 3 nitrogen and oxygen atoms in total. The van der Waals surface area contributed by atoms with Crippen LogP contribution in [0.5, 0.6) is 0 Å². The zero-order valence-corrected chi connectivity index (χ0v) is 9.37. The molecule has 1 amide bonds. The van der Waals surface area contributed by atoms with Crippen molar-refractivity contribution in [3.63, 3.8) is 0 Å². The van der Waals surface area contributed by atoms with Gasteiger partial charge in [-0.3, -0.25) is 4.79 Å². The van der Waals surface area contributed by atoms with Crippen LogP contribution in [-0.4, -0.2) is 28.4 Å². The van der Waals surface area contributed by atoms with Crippen molar-refractivity contribution in [1.82, 2.24) is 9.88 Å². The fourth-order valence-corrected chi connectivity index (χ4v) is 2.11. The van der Waals surface area contributed by atoms with Crippen molar-refractivity contribution in [2.24, 2.45) is 0 Å². The molecule has 15 heavy (non-hydrogen) atoms. The lowest BCUT2D eigenvalue weighted by molar-refractivity contribution is 0.0747. The molecule has 0 aromatic carbocycles. The second-order valence-electron chi connectivity index (χ2n) is 3.86. The van der Waals surface area contributed by atoms with Crippen LogP contribution in [-0.2, 0) is 0 Å². The van der Waals surface area contributed by atoms with Gasteiger partial charge in [-0.1, -0.05) is 11.6 Å². The number of halogens is 1. The monoisotopic (exact) mass is 224 g/mol. The predicted octanol–water partition coefficient (Wildman–Crippen LogP) is 2.36. The minimum Gasteiger partial charge on any atom is -0.336 e. The number of carbonyl (C=O) groups is 1. The zero-order valence-electron chi connectivity index (χ0n) is 8.61. The average molecular weight is 225 g/mol. The number of nitrogens with zero attached hydrogens (tertiary/aromatic N) is 2. The van der Waals surface area contributed by atoms with Gasteiger partial charge in [0.1, 0.15) is 5.15 Å². The largest absolute Gasteiger partial charge is 0.336 e. The van der Waals surface area contributed by atoms with E-state index in [2.05, 4.69) is 11.9 Å². The van der Waals surface area contributed by atoms with E-state index in [0.717, 1.165) is 19.4 Å². The highest BCUT2D eigenvalue weighted by atomic mass is 35.5. The molecule has 1 aliphatic heterocycles. The summed E-state index contributed by atoms with van der Waals surface area (Å²) in [6.07, 6.45) is 3.74. The lowest BCUT2D eigenvalue weighted by atomic mass is 10.2. The van der Waals surface area contributed by atoms with Gasteiger partial charge in [-0.25, -0.2) is 4.98 Å². The molecule has 0 aliphatic carbocycles. The topological polar surface area (TPSA) is 33.2 Å². The number of pyridine rings is 1. The van der Waals surface area contributed by atoms with Crippen molar-refractivity contribution in [2.45, 2.75) is 25.8 Å². The molecule has 0 spiro atoms.